The molecule has 1 N–H and O–H groups in total. The van der Waals surface area contributed by atoms with Gasteiger partial charge in [-0.3, -0.25) is 9.59 Å². The van der Waals surface area contributed by atoms with Crippen LogP contribution in [0.4, 0.5) is 0 Å². The minimum absolute atomic E-state index is 0.0511. The van der Waals surface area contributed by atoms with E-state index in [-0.39, 0.29) is 19.3 Å². The molecule has 2 amide bonds. The molecule has 0 aromatic carbocycles. The Morgan fingerprint density at radius 1 is 1.40 bits per heavy atom. The van der Waals surface area contributed by atoms with Crippen molar-refractivity contribution in [2.45, 2.75) is 25.4 Å². The van der Waals surface area contributed by atoms with Gasteiger partial charge in [0, 0.05) is 17.9 Å². The van der Waals surface area contributed by atoms with Crippen molar-refractivity contribution in [1.82, 2.24) is 5.06 Å². The summed E-state index contributed by atoms with van der Waals surface area (Å²) in [7, 11) is 0. The zero-order valence-corrected chi connectivity index (χ0v) is 11.2. The van der Waals surface area contributed by atoms with E-state index in [0.717, 1.165) is 0 Å². The first-order valence-electron chi connectivity index (χ1n) is 5.96. The molecule has 7 heteroatoms. The molecule has 0 radical (unpaired) electrons. The van der Waals surface area contributed by atoms with Gasteiger partial charge in [-0.15, -0.1) is 5.06 Å². The Kier molecular flexibility index (Phi) is 4.36. The number of allylic oxidation sites excluding steroid dienone is 3. The monoisotopic (exact) mass is 297 g/mol. The lowest BCUT2D eigenvalue weighted by Crippen LogP contribution is -2.32. The number of hydrogen-bond acceptors (Lipinski definition) is 5. The summed E-state index contributed by atoms with van der Waals surface area (Å²) in [6.07, 6.45) is 5.02. The van der Waals surface area contributed by atoms with Crippen molar-refractivity contribution >= 4 is 29.4 Å². The number of aliphatic hydroxyl groups is 1. The highest BCUT2D eigenvalue weighted by atomic mass is 35.5. The first kappa shape index (κ1) is 14.5. The first-order chi connectivity index (χ1) is 9.45. The zero-order chi connectivity index (χ0) is 14.7. The fourth-order valence-corrected chi connectivity index (χ4v) is 2.05. The van der Waals surface area contributed by atoms with E-state index >= 15 is 0 Å². The van der Waals surface area contributed by atoms with E-state index < -0.39 is 23.9 Å². The van der Waals surface area contributed by atoms with Crippen LogP contribution in [0.1, 0.15) is 19.3 Å². The third-order valence-corrected chi connectivity index (χ3v) is 2.94. The molecule has 0 aromatic rings. The lowest BCUT2D eigenvalue weighted by molar-refractivity contribution is -0.196. The topological polar surface area (TPSA) is 83.9 Å². The van der Waals surface area contributed by atoms with Crippen molar-refractivity contribution in [1.29, 1.82) is 0 Å². The maximum Gasteiger partial charge on any atom is 0.337 e. The molecule has 0 spiro atoms. The Labute approximate surface area is 119 Å². The summed E-state index contributed by atoms with van der Waals surface area (Å²) in [5.41, 5.74) is 0.506. The number of aliphatic hydroxyl groups excluding tert-OH is 1. The molecule has 20 heavy (non-hydrogen) atoms. The minimum atomic E-state index is -0.825. The summed E-state index contributed by atoms with van der Waals surface area (Å²) in [5, 5.41) is 10.2. The van der Waals surface area contributed by atoms with Crippen LogP contribution in [0.3, 0.4) is 0 Å². The van der Waals surface area contributed by atoms with Gasteiger partial charge in [0.25, 0.3) is 11.8 Å². The Morgan fingerprint density at radius 2 is 2.05 bits per heavy atom. The number of halogens is 1. The molecule has 1 saturated heterocycles. The van der Waals surface area contributed by atoms with E-state index in [9.17, 15) is 19.5 Å². The summed E-state index contributed by atoms with van der Waals surface area (Å²) < 4.78 is 0. The number of amides is 2. The number of hydrogen-bond donors (Lipinski definition) is 1. The zero-order valence-electron chi connectivity index (χ0n) is 10.4. The van der Waals surface area contributed by atoms with E-state index in [1.807, 2.05) is 0 Å². The summed E-state index contributed by atoms with van der Waals surface area (Å²) >= 11 is 5.82. The van der Waals surface area contributed by atoms with Crippen molar-refractivity contribution in [3.63, 3.8) is 0 Å². The van der Waals surface area contributed by atoms with Gasteiger partial charge >= 0.3 is 5.97 Å². The summed E-state index contributed by atoms with van der Waals surface area (Å²) in [6, 6.07) is 0. The highest BCUT2D eigenvalue weighted by Crippen LogP contribution is 2.19. The standard InChI is InChI=1S/C13H12ClNO5/c14-9-5-8(1-2-10(16)7-9)6-13(19)20-15-11(17)3-4-12(15)18/h1-2,5,7,10,16H,3-4,6H2. The second-order valence-corrected chi connectivity index (χ2v) is 4.78. The van der Waals surface area contributed by atoms with Gasteiger partial charge in [-0.05, 0) is 17.7 Å². The van der Waals surface area contributed by atoms with Crippen LogP contribution in [-0.4, -0.2) is 34.1 Å². The average Bonchev–Trinajstić information content (AvgIpc) is 2.58. The number of hydroxylamine groups is 2. The fourth-order valence-electron chi connectivity index (χ4n) is 1.78. The molecule has 1 aliphatic carbocycles. The van der Waals surface area contributed by atoms with E-state index in [1.54, 1.807) is 0 Å². The second-order valence-electron chi connectivity index (χ2n) is 4.34. The highest BCUT2D eigenvalue weighted by molar-refractivity contribution is 6.31. The third-order valence-electron chi connectivity index (χ3n) is 2.71. The van der Waals surface area contributed by atoms with Gasteiger partial charge in [0.05, 0.1) is 12.5 Å². The van der Waals surface area contributed by atoms with Gasteiger partial charge in [-0.25, -0.2) is 4.79 Å². The van der Waals surface area contributed by atoms with Crippen molar-refractivity contribution in [3.8, 4) is 0 Å². The van der Waals surface area contributed by atoms with Gasteiger partial charge in [-0.1, -0.05) is 23.8 Å². The number of carbonyl (C=O) groups excluding carboxylic acids is 3. The molecule has 2 aliphatic rings. The van der Waals surface area contributed by atoms with E-state index in [4.69, 9.17) is 16.4 Å². The predicted molar refractivity (Wildman–Crippen MR) is 69.0 cm³/mol. The lowest BCUT2D eigenvalue weighted by Gasteiger charge is -2.12. The third kappa shape index (κ3) is 3.55. The van der Waals surface area contributed by atoms with E-state index in [2.05, 4.69) is 0 Å². The molecular weight excluding hydrogens is 286 g/mol. The molecule has 1 atom stereocenters. The van der Waals surface area contributed by atoms with Crippen molar-refractivity contribution in [3.05, 3.63) is 34.9 Å². The summed E-state index contributed by atoms with van der Waals surface area (Å²) in [6.45, 7) is 0. The molecule has 2 rings (SSSR count). The first-order valence-corrected chi connectivity index (χ1v) is 6.34. The Morgan fingerprint density at radius 3 is 2.70 bits per heavy atom. The van der Waals surface area contributed by atoms with Gasteiger partial charge in [0.1, 0.15) is 0 Å². The molecule has 1 heterocycles. The molecule has 0 bridgehead atoms. The Hall–Kier alpha value is -1.92. The molecule has 0 aromatic heterocycles. The van der Waals surface area contributed by atoms with Crippen LogP contribution in [0.15, 0.2) is 34.9 Å². The van der Waals surface area contributed by atoms with E-state index in [1.165, 1.54) is 24.3 Å². The van der Waals surface area contributed by atoms with Gasteiger partial charge in [-0.2, -0.15) is 0 Å². The van der Waals surface area contributed by atoms with Crippen LogP contribution in [0.25, 0.3) is 0 Å². The second kappa shape index (κ2) is 6.02. The maximum atomic E-state index is 11.7. The Balaban J connectivity index is 1.98. The van der Waals surface area contributed by atoms with Crippen LogP contribution in [0.5, 0.6) is 0 Å². The van der Waals surface area contributed by atoms with Gasteiger partial charge in [0.15, 0.2) is 0 Å². The average molecular weight is 298 g/mol. The molecule has 1 aliphatic heterocycles. The van der Waals surface area contributed by atoms with Crippen molar-refractivity contribution < 1.29 is 24.3 Å². The summed E-state index contributed by atoms with van der Waals surface area (Å²) in [5.74, 6) is -1.80. The van der Waals surface area contributed by atoms with Crippen LogP contribution < -0.4 is 0 Å². The van der Waals surface area contributed by atoms with Crippen LogP contribution in [0.2, 0.25) is 0 Å². The number of carbonyl (C=O) groups is 3. The molecule has 1 fully saturated rings. The smallest absolute Gasteiger partial charge is 0.337 e. The Bertz CT molecular complexity index is 533. The van der Waals surface area contributed by atoms with Crippen LogP contribution in [-0.2, 0) is 19.2 Å². The van der Waals surface area contributed by atoms with Crippen molar-refractivity contribution in [2.24, 2.45) is 0 Å². The van der Waals surface area contributed by atoms with Crippen LogP contribution in [0, 0.1) is 0 Å². The maximum absolute atomic E-state index is 11.7. The molecule has 6 nitrogen and oxygen atoms in total. The normalized spacial score (nSPS) is 22.5. The van der Waals surface area contributed by atoms with E-state index in [0.29, 0.717) is 15.7 Å². The molecule has 1 unspecified atom stereocenters. The predicted octanol–water partition coefficient (Wildman–Crippen LogP) is 0.963. The highest BCUT2D eigenvalue weighted by Gasteiger charge is 2.32. The lowest BCUT2D eigenvalue weighted by atomic mass is 10.1. The quantitative estimate of drug-likeness (QED) is 0.785. The largest absolute Gasteiger partial charge is 0.385 e. The fraction of sp³-hybridized carbons (Fsp3) is 0.308. The van der Waals surface area contributed by atoms with Crippen LogP contribution >= 0.6 is 11.6 Å². The SMILES string of the molecule is O=C(CC1=CC(Cl)=CC(O)C=C1)ON1C(=O)CCC1=O. The van der Waals surface area contributed by atoms with Gasteiger partial charge in [0.2, 0.25) is 0 Å². The number of nitrogens with zero attached hydrogens (tertiary/aromatic N) is 1. The molecule has 106 valence electrons. The minimum Gasteiger partial charge on any atom is -0.385 e. The van der Waals surface area contributed by atoms with Gasteiger partial charge < -0.3 is 9.94 Å². The molecular formula is C13H12ClNO5. The van der Waals surface area contributed by atoms with Crippen molar-refractivity contribution in [2.75, 3.05) is 0 Å². The number of imide groups is 1. The summed E-state index contributed by atoms with van der Waals surface area (Å²) in [4.78, 5) is 39.0. The molecule has 0 saturated carbocycles. The number of rotatable bonds is 3.